The summed E-state index contributed by atoms with van der Waals surface area (Å²) in [6, 6.07) is 1.17. The van der Waals surface area contributed by atoms with Crippen LogP contribution in [0.2, 0.25) is 12.1 Å². The summed E-state index contributed by atoms with van der Waals surface area (Å²) >= 11 is 0. The Morgan fingerprint density at radius 2 is 0.917 bits per heavy atom. The second-order valence-corrected chi connectivity index (χ2v) is 14.5. The van der Waals surface area contributed by atoms with E-state index < -0.39 is 42.5 Å². The van der Waals surface area contributed by atoms with E-state index in [-0.39, 0.29) is 32.8 Å². The van der Waals surface area contributed by atoms with Crippen LogP contribution in [0.1, 0.15) is 12.8 Å². The number of nitrogens with zero attached hydrogens (tertiary/aromatic N) is 1. The largest absolute Gasteiger partial charge is 0.500 e. The molecule has 4 N–H and O–H groups in total. The summed E-state index contributed by atoms with van der Waals surface area (Å²) in [4.78, 5) is 1.67. The van der Waals surface area contributed by atoms with Gasteiger partial charge in [0.1, 0.15) is 0 Å². The zero-order chi connectivity index (χ0) is 27.5. The third-order valence-electron chi connectivity index (χ3n) is 5.65. The van der Waals surface area contributed by atoms with Gasteiger partial charge in [-0.15, -0.1) is 0 Å². The third-order valence-corrected chi connectivity index (χ3v) is 11.3. The fraction of sp³-hybridized carbons (Fsp3) is 1.00. The summed E-state index contributed by atoms with van der Waals surface area (Å²) in [5.74, 6) is 0. The van der Waals surface area contributed by atoms with E-state index in [0.29, 0.717) is 38.1 Å². The van der Waals surface area contributed by atoms with Crippen LogP contribution in [0.4, 0.5) is 0 Å². The van der Waals surface area contributed by atoms with E-state index in [4.69, 9.17) is 36.0 Å². The van der Waals surface area contributed by atoms with E-state index >= 15 is 0 Å². The van der Waals surface area contributed by atoms with Gasteiger partial charge >= 0.3 is 17.6 Å². The Labute approximate surface area is 217 Å². The summed E-state index contributed by atoms with van der Waals surface area (Å²) < 4.78 is 43.3. The molecule has 0 aromatic rings. The van der Waals surface area contributed by atoms with Crippen molar-refractivity contribution in [3.63, 3.8) is 0 Å². The summed E-state index contributed by atoms with van der Waals surface area (Å²) in [6.45, 7) is 0.860. The summed E-state index contributed by atoms with van der Waals surface area (Å²) in [5, 5.41) is 39.8. The van der Waals surface area contributed by atoms with Gasteiger partial charge in [0.05, 0.1) is 38.1 Å². The topological polar surface area (TPSA) is 158 Å². The van der Waals surface area contributed by atoms with Crippen LogP contribution in [0.3, 0.4) is 0 Å². The maximum atomic E-state index is 10.4. The zero-order valence-corrected chi connectivity index (χ0v) is 24.7. The molecule has 0 fully saturated rings. The first kappa shape index (κ1) is 35.9. The lowest BCUT2D eigenvalue weighted by atomic mass is 10.2. The van der Waals surface area contributed by atoms with Gasteiger partial charge in [0.25, 0.3) is 0 Å². The molecule has 0 aliphatic heterocycles. The van der Waals surface area contributed by atoms with E-state index in [1.807, 2.05) is 0 Å². The quantitative estimate of drug-likeness (QED) is 0.0787. The highest BCUT2D eigenvalue weighted by Gasteiger charge is 2.37. The smallest absolute Gasteiger partial charge is 0.394 e. The van der Waals surface area contributed by atoms with Crippen molar-refractivity contribution in [2.75, 3.05) is 95.3 Å². The first-order valence-corrected chi connectivity index (χ1v) is 15.9. The van der Waals surface area contributed by atoms with Gasteiger partial charge in [0, 0.05) is 87.6 Å². The van der Waals surface area contributed by atoms with Crippen molar-refractivity contribution in [2.45, 2.75) is 43.2 Å². The van der Waals surface area contributed by atoms with Crippen LogP contribution in [-0.2, 0) is 36.0 Å². The normalized spacial score (nSPS) is 15.4. The molecule has 0 aliphatic rings. The van der Waals surface area contributed by atoms with Crippen molar-refractivity contribution >= 4 is 17.6 Å². The molecule has 0 spiro atoms. The van der Waals surface area contributed by atoms with Crippen LogP contribution in [0.25, 0.3) is 0 Å². The van der Waals surface area contributed by atoms with Gasteiger partial charge in [-0.25, -0.2) is 0 Å². The Morgan fingerprint density at radius 3 is 1.22 bits per heavy atom. The Morgan fingerprint density at radius 1 is 0.583 bits per heavy atom. The predicted octanol–water partition coefficient (Wildman–Crippen LogP) is -1.07. The number of aliphatic hydroxyl groups excluding tert-OH is 4. The molecule has 0 saturated heterocycles. The minimum absolute atomic E-state index is 0.0734. The molecule has 218 valence electrons. The Bertz CT molecular complexity index is 463. The minimum Gasteiger partial charge on any atom is -0.394 e. The van der Waals surface area contributed by atoms with Crippen molar-refractivity contribution in [3.05, 3.63) is 0 Å². The molecule has 0 radical (unpaired) electrons. The van der Waals surface area contributed by atoms with Gasteiger partial charge in [-0.3, -0.25) is 4.90 Å². The monoisotopic (exact) mass is 563 g/mol. The molecule has 0 heterocycles. The Kier molecular flexibility index (Phi) is 20.8. The molecule has 15 heteroatoms. The van der Waals surface area contributed by atoms with Crippen LogP contribution in [-0.4, -0.2) is 157 Å². The second kappa shape index (κ2) is 20.8. The van der Waals surface area contributed by atoms with E-state index in [1.54, 1.807) is 47.6 Å². The molecule has 13 nitrogen and oxygen atoms in total. The summed E-state index contributed by atoms with van der Waals surface area (Å²) in [6.07, 6.45) is -1.43. The Balaban J connectivity index is 4.43. The number of rotatable bonds is 25. The van der Waals surface area contributed by atoms with Gasteiger partial charge in [0.2, 0.25) is 0 Å². The highest BCUT2D eigenvalue weighted by atomic mass is 28.4. The van der Waals surface area contributed by atoms with Gasteiger partial charge in [-0.2, -0.15) is 0 Å². The molecule has 36 heavy (non-hydrogen) atoms. The minimum atomic E-state index is -2.65. The molecule has 3 atom stereocenters. The van der Waals surface area contributed by atoms with E-state index in [1.165, 1.54) is 0 Å². The standard InChI is InChI=1S/C21H49NO12Si2/c1-27-35(28-2,29-3)11-7-9-33-17-20(25)14-22(13-19(24)16-23)15-21(26)18-34-10-8-12-36(30-4,31-5)32-6/h19-21,23-26H,7-18H2,1-6H3. The Hall–Kier alpha value is -0.0862. The van der Waals surface area contributed by atoms with Crippen LogP contribution in [0.15, 0.2) is 0 Å². The molecule has 0 saturated carbocycles. The first-order valence-electron chi connectivity index (χ1n) is 12.0. The molecule has 0 aromatic carbocycles. The van der Waals surface area contributed by atoms with Crippen LogP contribution in [0.5, 0.6) is 0 Å². The first-order chi connectivity index (χ1) is 17.2. The third kappa shape index (κ3) is 14.7. The fourth-order valence-corrected chi connectivity index (χ4v) is 6.99. The van der Waals surface area contributed by atoms with Crippen molar-refractivity contribution in [1.82, 2.24) is 4.90 Å². The highest BCUT2D eigenvalue weighted by molar-refractivity contribution is 6.60. The lowest BCUT2D eigenvalue weighted by Crippen LogP contribution is -2.45. The predicted molar refractivity (Wildman–Crippen MR) is 136 cm³/mol. The van der Waals surface area contributed by atoms with Gasteiger partial charge < -0.3 is 56.5 Å². The van der Waals surface area contributed by atoms with Crippen LogP contribution in [0, 0.1) is 0 Å². The number of ether oxygens (including phenoxy) is 2. The molecular weight excluding hydrogens is 514 g/mol. The SMILES string of the molecule is CO[Si](CCCOCC(O)CN(CC(O)CO)CC(O)COCCC[Si](OC)(OC)OC)(OC)OC. The number of aliphatic hydroxyl groups is 4. The average Bonchev–Trinajstić information content (AvgIpc) is 2.88. The van der Waals surface area contributed by atoms with Gasteiger partial charge in [-0.1, -0.05) is 0 Å². The van der Waals surface area contributed by atoms with Gasteiger partial charge in [-0.05, 0) is 12.8 Å². The molecule has 0 bridgehead atoms. The van der Waals surface area contributed by atoms with Gasteiger partial charge in [0.15, 0.2) is 0 Å². The second-order valence-electron chi connectivity index (χ2n) is 8.31. The molecular formula is C21H49NO12Si2. The van der Waals surface area contributed by atoms with Crippen LogP contribution >= 0.6 is 0 Å². The molecule has 0 rings (SSSR count). The number of hydrogen-bond donors (Lipinski definition) is 4. The lowest BCUT2D eigenvalue weighted by Gasteiger charge is -2.29. The maximum Gasteiger partial charge on any atom is 0.500 e. The van der Waals surface area contributed by atoms with E-state index in [9.17, 15) is 20.4 Å². The van der Waals surface area contributed by atoms with Crippen molar-refractivity contribution in [1.29, 1.82) is 0 Å². The van der Waals surface area contributed by atoms with Crippen molar-refractivity contribution in [2.24, 2.45) is 0 Å². The van der Waals surface area contributed by atoms with E-state index in [2.05, 4.69) is 0 Å². The maximum absolute atomic E-state index is 10.4. The lowest BCUT2D eigenvalue weighted by molar-refractivity contribution is -0.0257. The van der Waals surface area contributed by atoms with E-state index in [0.717, 1.165) is 0 Å². The highest BCUT2D eigenvalue weighted by Crippen LogP contribution is 2.16. The van der Waals surface area contributed by atoms with Crippen molar-refractivity contribution < 1.29 is 56.5 Å². The van der Waals surface area contributed by atoms with Crippen LogP contribution < -0.4 is 0 Å². The fourth-order valence-electron chi connectivity index (χ4n) is 3.61. The molecule has 0 aliphatic carbocycles. The average molecular weight is 564 g/mol. The molecule has 3 unspecified atom stereocenters. The number of hydrogen-bond acceptors (Lipinski definition) is 13. The zero-order valence-electron chi connectivity index (χ0n) is 22.7. The van der Waals surface area contributed by atoms with Crippen molar-refractivity contribution in [3.8, 4) is 0 Å². The molecule has 0 aromatic heterocycles. The summed E-state index contributed by atoms with van der Waals surface area (Å²) in [7, 11) is 4.00. The summed E-state index contributed by atoms with van der Waals surface area (Å²) in [5.41, 5.74) is 0. The molecule has 0 amide bonds.